The summed E-state index contributed by atoms with van der Waals surface area (Å²) in [6.45, 7) is 3.11. The van der Waals surface area contributed by atoms with Gasteiger partial charge in [-0.05, 0) is 24.3 Å². The molecule has 0 bridgehead atoms. The summed E-state index contributed by atoms with van der Waals surface area (Å²) in [7, 11) is 0. The molecule has 4 nitrogen and oxygen atoms in total. The number of aliphatic imine (C=N–C) groups is 1. The lowest BCUT2D eigenvalue weighted by atomic mass is 9.89. The van der Waals surface area contributed by atoms with Crippen molar-refractivity contribution in [3.63, 3.8) is 0 Å². The summed E-state index contributed by atoms with van der Waals surface area (Å²) >= 11 is 5.89. The maximum absolute atomic E-state index is 12.8. The second-order valence-electron chi connectivity index (χ2n) is 5.86. The number of anilines is 1. The molecule has 0 amide bonds. The van der Waals surface area contributed by atoms with Gasteiger partial charge in [-0.1, -0.05) is 11.6 Å². The lowest BCUT2D eigenvalue weighted by Gasteiger charge is -2.38. The molecule has 2 N–H and O–H groups in total. The summed E-state index contributed by atoms with van der Waals surface area (Å²) in [6, 6.07) is 7.40. The molecule has 0 spiro atoms. The standard InChI is InChI=1S/C15H19ClF2N4.HI/c16-11-1-3-13(4-2-11)21-5-7-22(8-6-21)14(19)20-12-9-15(17,18)10-12;/h1-4,12H,5-10H2,(H2,19,20);1H. The smallest absolute Gasteiger partial charge is 0.252 e. The highest BCUT2D eigenvalue weighted by Gasteiger charge is 2.45. The van der Waals surface area contributed by atoms with E-state index >= 15 is 0 Å². The first-order valence-electron chi connectivity index (χ1n) is 7.39. The Kier molecular flexibility index (Phi) is 5.94. The summed E-state index contributed by atoms with van der Waals surface area (Å²) < 4.78 is 25.6. The maximum Gasteiger partial charge on any atom is 0.252 e. The van der Waals surface area contributed by atoms with E-state index in [4.69, 9.17) is 17.3 Å². The third-order valence-corrected chi connectivity index (χ3v) is 4.43. The lowest BCUT2D eigenvalue weighted by molar-refractivity contribution is -0.0836. The molecule has 1 saturated heterocycles. The second kappa shape index (κ2) is 7.38. The molecule has 1 aromatic carbocycles. The predicted molar refractivity (Wildman–Crippen MR) is 100 cm³/mol. The second-order valence-corrected chi connectivity index (χ2v) is 6.29. The van der Waals surface area contributed by atoms with Gasteiger partial charge in [0.25, 0.3) is 5.92 Å². The first-order chi connectivity index (χ1) is 10.4. The molecule has 0 aromatic heterocycles. The van der Waals surface area contributed by atoms with Crippen LogP contribution in [0.4, 0.5) is 14.5 Å². The topological polar surface area (TPSA) is 44.9 Å². The highest BCUT2D eigenvalue weighted by molar-refractivity contribution is 14.0. The number of benzene rings is 1. The van der Waals surface area contributed by atoms with E-state index in [2.05, 4.69) is 9.89 Å². The number of nitrogens with two attached hydrogens (primary N) is 1. The van der Waals surface area contributed by atoms with Crippen molar-refractivity contribution in [3.05, 3.63) is 29.3 Å². The quantitative estimate of drug-likeness (QED) is 0.422. The van der Waals surface area contributed by atoms with Gasteiger partial charge in [-0.15, -0.1) is 24.0 Å². The predicted octanol–water partition coefficient (Wildman–Crippen LogP) is 3.19. The van der Waals surface area contributed by atoms with Crippen LogP contribution in [0.3, 0.4) is 0 Å². The van der Waals surface area contributed by atoms with E-state index in [1.165, 1.54) is 0 Å². The van der Waals surface area contributed by atoms with Crippen LogP contribution < -0.4 is 10.6 Å². The fourth-order valence-electron chi connectivity index (χ4n) is 2.84. The van der Waals surface area contributed by atoms with Gasteiger partial charge in [-0.2, -0.15) is 0 Å². The van der Waals surface area contributed by atoms with Crippen molar-refractivity contribution in [1.82, 2.24) is 4.90 Å². The van der Waals surface area contributed by atoms with Crippen LogP contribution >= 0.6 is 35.6 Å². The third kappa shape index (κ3) is 4.59. The molecule has 2 fully saturated rings. The molecule has 1 saturated carbocycles. The van der Waals surface area contributed by atoms with Gasteiger partial charge in [0.05, 0.1) is 6.04 Å². The van der Waals surface area contributed by atoms with Crippen molar-refractivity contribution < 1.29 is 8.78 Å². The molecule has 23 heavy (non-hydrogen) atoms. The Hall–Kier alpha value is -0.830. The molecule has 1 aromatic rings. The molecule has 0 radical (unpaired) electrons. The highest BCUT2D eigenvalue weighted by Crippen LogP contribution is 2.39. The van der Waals surface area contributed by atoms with Gasteiger partial charge in [0.1, 0.15) is 0 Å². The lowest BCUT2D eigenvalue weighted by Crippen LogP contribution is -2.52. The molecular formula is C15H20ClF2IN4. The van der Waals surface area contributed by atoms with Gasteiger partial charge >= 0.3 is 0 Å². The zero-order valence-corrected chi connectivity index (χ0v) is 15.7. The Morgan fingerprint density at radius 1 is 1.13 bits per heavy atom. The van der Waals surface area contributed by atoms with Gasteiger partial charge in [0.2, 0.25) is 0 Å². The fourth-order valence-corrected chi connectivity index (χ4v) is 2.96. The average Bonchev–Trinajstić information content (AvgIpc) is 2.46. The van der Waals surface area contributed by atoms with E-state index in [9.17, 15) is 8.78 Å². The highest BCUT2D eigenvalue weighted by atomic mass is 127. The van der Waals surface area contributed by atoms with Crippen molar-refractivity contribution >= 4 is 47.2 Å². The minimum Gasteiger partial charge on any atom is -0.370 e. The van der Waals surface area contributed by atoms with E-state index in [1.54, 1.807) is 0 Å². The van der Waals surface area contributed by atoms with Crippen molar-refractivity contribution in [1.29, 1.82) is 0 Å². The van der Waals surface area contributed by atoms with Crippen LogP contribution in [0.2, 0.25) is 5.02 Å². The number of nitrogens with zero attached hydrogens (tertiary/aromatic N) is 3. The number of hydrogen-bond acceptors (Lipinski definition) is 2. The SMILES string of the molecule is I.NC(=NC1CC(F)(F)C1)N1CCN(c2ccc(Cl)cc2)CC1. The van der Waals surface area contributed by atoms with Crippen LogP contribution in [-0.2, 0) is 0 Å². The van der Waals surface area contributed by atoms with Gasteiger partial charge in [0.15, 0.2) is 5.96 Å². The number of alkyl halides is 2. The third-order valence-electron chi connectivity index (χ3n) is 4.18. The Bertz CT molecular complexity index is 551. The van der Waals surface area contributed by atoms with Gasteiger partial charge in [0, 0.05) is 49.7 Å². The van der Waals surface area contributed by atoms with Crippen LogP contribution in [0, 0.1) is 0 Å². The van der Waals surface area contributed by atoms with E-state index in [1.807, 2.05) is 29.2 Å². The van der Waals surface area contributed by atoms with Crippen molar-refractivity contribution in [2.24, 2.45) is 10.7 Å². The van der Waals surface area contributed by atoms with Crippen molar-refractivity contribution in [2.75, 3.05) is 31.1 Å². The zero-order valence-electron chi connectivity index (χ0n) is 12.6. The summed E-state index contributed by atoms with van der Waals surface area (Å²) in [5.74, 6) is -2.17. The van der Waals surface area contributed by atoms with Crippen molar-refractivity contribution in [2.45, 2.75) is 24.8 Å². The number of halogens is 4. The Morgan fingerprint density at radius 3 is 2.22 bits per heavy atom. The molecule has 3 rings (SSSR count). The maximum atomic E-state index is 12.8. The molecule has 2 aliphatic rings. The first-order valence-corrected chi connectivity index (χ1v) is 7.77. The van der Waals surface area contributed by atoms with Crippen LogP contribution in [-0.4, -0.2) is 49.0 Å². The number of piperazine rings is 1. The van der Waals surface area contributed by atoms with Crippen LogP contribution in [0.25, 0.3) is 0 Å². The number of rotatable bonds is 2. The normalized spacial score (nSPS) is 21.6. The van der Waals surface area contributed by atoms with E-state index < -0.39 is 5.92 Å². The number of hydrogen-bond donors (Lipinski definition) is 1. The van der Waals surface area contributed by atoms with E-state index in [0.717, 1.165) is 36.9 Å². The monoisotopic (exact) mass is 456 g/mol. The van der Waals surface area contributed by atoms with Crippen LogP contribution in [0.5, 0.6) is 0 Å². The molecule has 1 aliphatic carbocycles. The summed E-state index contributed by atoms with van der Waals surface area (Å²) in [6.07, 6.45) is -0.364. The van der Waals surface area contributed by atoms with Gasteiger partial charge in [-0.3, -0.25) is 0 Å². The fraction of sp³-hybridized carbons (Fsp3) is 0.533. The Labute approximate surface area is 156 Å². The van der Waals surface area contributed by atoms with Crippen LogP contribution in [0.15, 0.2) is 29.3 Å². The van der Waals surface area contributed by atoms with Gasteiger partial charge in [-0.25, -0.2) is 13.8 Å². The zero-order chi connectivity index (χ0) is 15.7. The molecule has 8 heteroatoms. The van der Waals surface area contributed by atoms with Crippen LogP contribution in [0.1, 0.15) is 12.8 Å². The summed E-state index contributed by atoms with van der Waals surface area (Å²) in [5, 5.41) is 0.719. The molecule has 0 unspecified atom stereocenters. The summed E-state index contributed by atoms with van der Waals surface area (Å²) in [5.41, 5.74) is 7.07. The molecule has 128 valence electrons. The molecule has 0 atom stereocenters. The number of guanidine groups is 1. The van der Waals surface area contributed by atoms with Crippen molar-refractivity contribution in [3.8, 4) is 0 Å². The average molecular weight is 457 g/mol. The van der Waals surface area contributed by atoms with E-state index in [-0.39, 0.29) is 42.9 Å². The first kappa shape index (κ1) is 18.5. The molecule has 1 heterocycles. The Morgan fingerprint density at radius 2 is 1.70 bits per heavy atom. The minimum atomic E-state index is -2.55. The molecule has 1 aliphatic heterocycles. The minimum absolute atomic E-state index is 0. The Balaban J connectivity index is 0.00000192. The summed E-state index contributed by atoms with van der Waals surface area (Å²) in [4.78, 5) is 8.42. The van der Waals surface area contributed by atoms with Gasteiger partial charge < -0.3 is 15.5 Å². The molecular weight excluding hydrogens is 437 g/mol. The van der Waals surface area contributed by atoms with E-state index in [0.29, 0.717) is 5.96 Å². The largest absolute Gasteiger partial charge is 0.370 e.